The van der Waals surface area contributed by atoms with Crippen molar-refractivity contribution in [1.82, 2.24) is 24.6 Å². The molecule has 11 nitrogen and oxygen atoms in total. The fourth-order valence-electron chi connectivity index (χ4n) is 7.55. The SMILES string of the molecule is CNC(=O)CCC(C=O)Nc1ccc(C2CCN(C(=O)N(C)C3CCN(Cc4ccc(-c5cn(C)c(=O)c(C)c5C)cc4OC(F)(F)F)CC3)CC2)c(F)c1. The monoisotopic (exact) mass is 770 g/mol. The molecule has 55 heavy (non-hydrogen) atoms. The Morgan fingerprint density at radius 3 is 2.33 bits per heavy atom. The van der Waals surface area contributed by atoms with Crippen LogP contribution in [0.4, 0.5) is 28.0 Å². The van der Waals surface area contributed by atoms with Gasteiger partial charge < -0.3 is 34.5 Å². The Labute approximate surface area is 318 Å². The lowest BCUT2D eigenvalue weighted by Gasteiger charge is -2.40. The summed E-state index contributed by atoms with van der Waals surface area (Å²) in [6.07, 6.45) is 0.352. The number of alkyl halides is 3. The number of rotatable bonds is 12. The first kappa shape index (κ1) is 41.2. The number of hydrogen-bond donors (Lipinski definition) is 2. The molecule has 0 saturated carbocycles. The van der Waals surface area contributed by atoms with Gasteiger partial charge >= 0.3 is 12.4 Å². The fourth-order valence-corrected chi connectivity index (χ4v) is 7.55. The minimum Gasteiger partial charge on any atom is -0.405 e. The maximum atomic E-state index is 15.2. The van der Waals surface area contributed by atoms with Crippen molar-refractivity contribution in [2.24, 2.45) is 7.05 Å². The number of anilines is 1. The molecule has 3 amide bonds. The van der Waals surface area contributed by atoms with Gasteiger partial charge in [-0.15, -0.1) is 13.2 Å². The predicted octanol–water partition coefficient (Wildman–Crippen LogP) is 6.11. The Kier molecular flexibility index (Phi) is 13.3. The second kappa shape index (κ2) is 17.7. The summed E-state index contributed by atoms with van der Waals surface area (Å²) in [4.78, 5) is 54.5. The molecule has 0 radical (unpaired) electrons. The smallest absolute Gasteiger partial charge is 0.405 e. The zero-order valence-electron chi connectivity index (χ0n) is 32.0. The molecule has 2 aromatic carbocycles. The predicted molar refractivity (Wildman–Crippen MR) is 201 cm³/mol. The van der Waals surface area contributed by atoms with Crippen molar-refractivity contribution in [3.8, 4) is 16.9 Å². The zero-order valence-corrected chi connectivity index (χ0v) is 32.0. The first-order valence-electron chi connectivity index (χ1n) is 18.6. The Hall–Kier alpha value is -4.92. The molecule has 0 bridgehead atoms. The third-order valence-corrected chi connectivity index (χ3v) is 11.0. The number of aldehydes is 1. The van der Waals surface area contributed by atoms with Crippen molar-refractivity contribution in [3.05, 3.63) is 81.0 Å². The first-order chi connectivity index (χ1) is 26.1. The van der Waals surface area contributed by atoms with Crippen LogP contribution in [0.5, 0.6) is 5.75 Å². The van der Waals surface area contributed by atoms with Gasteiger partial charge in [-0.2, -0.15) is 0 Å². The van der Waals surface area contributed by atoms with Gasteiger partial charge in [-0.25, -0.2) is 9.18 Å². The Morgan fingerprint density at radius 1 is 1.02 bits per heavy atom. The molecular weight excluding hydrogens is 720 g/mol. The van der Waals surface area contributed by atoms with Crippen LogP contribution in [-0.2, 0) is 23.2 Å². The first-order valence-corrected chi connectivity index (χ1v) is 18.6. The molecule has 1 aromatic heterocycles. The summed E-state index contributed by atoms with van der Waals surface area (Å²) in [5.41, 5.74) is 3.59. The minimum absolute atomic E-state index is 0.0466. The molecule has 1 unspecified atom stereocenters. The van der Waals surface area contributed by atoms with E-state index in [1.165, 1.54) is 23.7 Å². The second-order valence-electron chi connectivity index (χ2n) is 14.6. The third kappa shape index (κ3) is 10.2. The Morgan fingerprint density at radius 2 is 1.71 bits per heavy atom. The molecule has 15 heteroatoms. The number of amides is 3. The average molecular weight is 771 g/mol. The molecule has 5 rings (SSSR count). The number of benzene rings is 2. The molecule has 2 saturated heterocycles. The second-order valence-corrected chi connectivity index (χ2v) is 14.6. The molecule has 3 heterocycles. The molecule has 2 fully saturated rings. The minimum atomic E-state index is -4.89. The quantitative estimate of drug-likeness (QED) is 0.169. The van der Waals surface area contributed by atoms with Crippen molar-refractivity contribution in [1.29, 1.82) is 0 Å². The van der Waals surface area contributed by atoms with Crippen molar-refractivity contribution in [2.75, 3.05) is 45.6 Å². The normalized spacial score (nSPS) is 16.4. The van der Waals surface area contributed by atoms with Crippen LogP contribution >= 0.6 is 0 Å². The van der Waals surface area contributed by atoms with Gasteiger partial charge in [0.25, 0.3) is 5.56 Å². The molecule has 1 atom stereocenters. The molecule has 2 aliphatic rings. The van der Waals surface area contributed by atoms with Crippen molar-refractivity contribution in [2.45, 2.75) is 83.3 Å². The highest BCUT2D eigenvalue weighted by atomic mass is 19.4. The van der Waals surface area contributed by atoms with Gasteiger partial charge in [0.15, 0.2) is 0 Å². The van der Waals surface area contributed by atoms with Crippen LogP contribution < -0.4 is 20.9 Å². The zero-order chi connectivity index (χ0) is 40.0. The van der Waals surface area contributed by atoms with E-state index in [9.17, 15) is 32.3 Å². The molecule has 0 aliphatic carbocycles. The van der Waals surface area contributed by atoms with Crippen LogP contribution in [0.25, 0.3) is 11.1 Å². The van der Waals surface area contributed by atoms with Crippen molar-refractivity contribution >= 4 is 23.9 Å². The molecule has 0 spiro atoms. The standard InChI is InChI=1S/C40H50F4N6O5/c1-25-26(2)38(53)47(4)23-34(25)28-6-7-29(36(20-28)55-40(42,43)44)22-49-16-14-32(15-17-49)48(5)39(54)50-18-12-27(13-19-50)33-10-8-30(21-35(33)41)46-31(24-51)9-11-37(52)45-3/h6-8,10,20-21,23-24,27,31-32,46H,9,11-19,22H2,1-5H3,(H,45,52). The number of nitrogens with zero attached hydrogens (tertiary/aromatic N) is 4. The summed E-state index contributed by atoms with van der Waals surface area (Å²) < 4.78 is 61.8. The largest absolute Gasteiger partial charge is 0.573 e. The molecule has 298 valence electrons. The lowest BCUT2D eigenvalue weighted by atomic mass is 9.89. The average Bonchev–Trinajstić information content (AvgIpc) is 3.16. The van der Waals surface area contributed by atoms with Gasteiger partial charge in [-0.1, -0.05) is 18.2 Å². The summed E-state index contributed by atoms with van der Waals surface area (Å²) in [5.74, 6) is -0.937. The molecule has 3 aromatic rings. The summed E-state index contributed by atoms with van der Waals surface area (Å²) in [5, 5.41) is 5.49. The van der Waals surface area contributed by atoms with Crippen LogP contribution in [0, 0.1) is 19.7 Å². The number of urea groups is 1. The van der Waals surface area contributed by atoms with E-state index in [4.69, 9.17) is 0 Å². The Bertz CT molecular complexity index is 1920. The van der Waals surface area contributed by atoms with Gasteiger partial charge in [0.2, 0.25) is 5.91 Å². The maximum Gasteiger partial charge on any atom is 0.573 e. The topological polar surface area (TPSA) is 116 Å². The van der Waals surface area contributed by atoms with Gasteiger partial charge in [0.1, 0.15) is 17.9 Å². The number of carbonyl (C=O) groups excluding carboxylic acids is 3. The number of piperidine rings is 2. The summed E-state index contributed by atoms with van der Waals surface area (Å²) in [6, 6.07) is 8.78. The van der Waals surface area contributed by atoms with E-state index in [0.29, 0.717) is 97.2 Å². The summed E-state index contributed by atoms with van der Waals surface area (Å²) in [7, 11) is 4.90. The fraction of sp³-hybridized carbons (Fsp3) is 0.500. The van der Waals surface area contributed by atoms with Crippen molar-refractivity contribution < 1.29 is 36.7 Å². The van der Waals surface area contributed by atoms with Crippen LogP contribution in [0.3, 0.4) is 0 Å². The highest BCUT2D eigenvalue weighted by molar-refractivity contribution is 5.77. The van der Waals surface area contributed by atoms with Gasteiger partial charge in [0.05, 0.1) is 6.04 Å². The lowest BCUT2D eigenvalue weighted by molar-refractivity contribution is -0.275. The number of halogens is 4. The lowest BCUT2D eigenvalue weighted by Crippen LogP contribution is -2.51. The number of hydrogen-bond acceptors (Lipinski definition) is 7. The number of aryl methyl sites for hydroxylation is 1. The van der Waals surface area contributed by atoms with Gasteiger partial charge in [-0.05, 0) is 86.8 Å². The van der Waals surface area contributed by atoms with Crippen LogP contribution in [0.15, 0.2) is 47.4 Å². The van der Waals surface area contributed by atoms with E-state index in [1.54, 1.807) is 68.2 Å². The molecule has 2 aliphatic heterocycles. The number of likely N-dealkylation sites (tertiary alicyclic amines) is 2. The summed E-state index contributed by atoms with van der Waals surface area (Å²) in [6.45, 7) is 5.77. The number of aromatic nitrogens is 1. The number of carbonyl (C=O) groups is 3. The van der Waals surface area contributed by atoms with Crippen LogP contribution in [0.2, 0.25) is 0 Å². The molecular formula is C40H50F4N6O5. The number of pyridine rings is 1. The van der Waals surface area contributed by atoms with Crippen LogP contribution in [0.1, 0.15) is 66.7 Å². The van der Waals surface area contributed by atoms with Gasteiger partial charge in [-0.3, -0.25) is 14.5 Å². The van der Waals surface area contributed by atoms with Crippen molar-refractivity contribution in [3.63, 3.8) is 0 Å². The van der Waals surface area contributed by atoms with E-state index >= 15 is 4.39 Å². The van der Waals surface area contributed by atoms with E-state index < -0.39 is 18.2 Å². The third-order valence-electron chi connectivity index (χ3n) is 11.0. The van der Waals surface area contributed by atoms with E-state index in [1.807, 2.05) is 0 Å². The highest BCUT2D eigenvalue weighted by Gasteiger charge is 2.34. The van der Waals surface area contributed by atoms with E-state index in [0.717, 1.165) is 0 Å². The number of ether oxygens (including phenoxy) is 1. The maximum absolute atomic E-state index is 15.2. The Balaban J connectivity index is 1.14. The number of nitrogens with one attached hydrogen (secondary N) is 2. The van der Waals surface area contributed by atoms with Gasteiger partial charge in [0, 0.05) is 94.9 Å². The van der Waals surface area contributed by atoms with Crippen LogP contribution in [-0.4, -0.2) is 96.2 Å². The summed E-state index contributed by atoms with van der Waals surface area (Å²) >= 11 is 0. The molecule has 2 N–H and O–H groups in total. The van der Waals surface area contributed by atoms with E-state index in [2.05, 4.69) is 20.3 Å². The highest BCUT2D eigenvalue weighted by Crippen LogP contribution is 2.35. The van der Waals surface area contributed by atoms with E-state index in [-0.39, 0.29) is 54.6 Å².